The highest BCUT2D eigenvalue weighted by Crippen LogP contribution is 2.37. The van der Waals surface area contributed by atoms with Gasteiger partial charge in [-0.1, -0.05) is 23.7 Å². The summed E-state index contributed by atoms with van der Waals surface area (Å²) in [6, 6.07) is 15.3. The Balaban J connectivity index is 1.76. The molecule has 11 heteroatoms. The average Bonchev–Trinajstić information content (AvgIpc) is 3.54. The van der Waals surface area contributed by atoms with Crippen molar-refractivity contribution in [2.75, 3.05) is 12.0 Å². The van der Waals surface area contributed by atoms with Crippen LogP contribution in [-0.2, 0) is 16.1 Å². The Bertz CT molecular complexity index is 1410. The van der Waals surface area contributed by atoms with Crippen molar-refractivity contribution >= 4 is 40.4 Å². The summed E-state index contributed by atoms with van der Waals surface area (Å²) in [6.07, 6.45) is 0. The van der Waals surface area contributed by atoms with E-state index in [-0.39, 0.29) is 12.5 Å². The molecule has 198 valence electrons. The van der Waals surface area contributed by atoms with Gasteiger partial charge in [-0.05, 0) is 86.3 Å². The molecule has 4 rings (SSSR count). The topological polar surface area (TPSA) is 102 Å². The predicted molar refractivity (Wildman–Crippen MR) is 148 cm³/mol. The van der Waals surface area contributed by atoms with Crippen LogP contribution < -0.4 is 15.0 Å². The van der Waals surface area contributed by atoms with Crippen molar-refractivity contribution < 1.29 is 14.3 Å². The molecule has 0 bridgehead atoms. The van der Waals surface area contributed by atoms with Gasteiger partial charge in [0.05, 0.1) is 12.8 Å². The van der Waals surface area contributed by atoms with E-state index < -0.39 is 17.5 Å². The van der Waals surface area contributed by atoms with Crippen molar-refractivity contribution in [2.45, 2.75) is 45.8 Å². The van der Waals surface area contributed by atoms with Crippen LogP contribution in [0.25, 0.3) is 11.4 Å². The van der Waals surface area contributed by atoms with Gasteiger partial charge < -0.3 is 10.1 Å². The number of carbonyl (C=O) groups excluding carboxylic acids is 2. The van der Waals surface area contributed by atoms with E-state index in [1.54, 1.807) is 30.3 Å². The highest BCUT2D eigenvalue weighted by molar-refractivity contribution is 7.10. The van der Waals surface area contributed by atoms with E-state index >= 15 is 0 Å². The number of amides is 2. The zero-order valence-corrected chi connectivity index (χ0v) is 23.4. The normalized spacial score (nSPS) is 12.2. The van der Waals surface area contributed by atoms with E-state index in [1.165, 1.54) is 28.1 Å². The van der Waals surface area contributed by atoms with Crippen molar-refractivity contribution in [2.24, 2.45) is 0 Å². The highest BCUT2D eigenvalue weighted by atomic mass is 35.5. The van der Waals surface area contributed by atoms with Gasteiger partial charge in [0.1, 0.15) is 18.3 Å². The molecule has 0 aliphatic carbocycles. The zero-order chi connectivity index (χ0) is 27.4. The maximum Gasteiger partial charge on any atom is 0.251 e. The second-order valence-electron chi connectivity index (χ2n) is 9.75. The fraction of sp³-hybridized carbons (Fsp3) is 0.296. The Kier molecular flexibility index (Phi) is 8.13. The zero-order valence-electron chi connectivity index (χ0n) is 21.8. The monoisotopic (exact) mass is 552 g/mol. The highest BCUT2D eigenvalue weighted by Gasteiger charge is 2.37. The third-order valence-electron chi connectivity index (χ3n) is 5.51. The minimum atomic E-state index is -0.948. The summed E-state index contributed by atoms with van der Waals surface area (Å²) in [6.45, 7) is 7.36. The van der Waals surface area contributed by atoms with Gasteiger partial charge in [-0.25, -0.2) is 0 Å². The summed E-state index contributed by atoms with van der Waals surface area (Å²) in [5.74, 6) is 0.0959. The number of carbonyl (C=O) groups is 2. The number of hydrogen-bond acceptors (Lipinski definition) is 7. The number of rotatable bonds is 8. The number of nitrogens with one attached hydrogen (secondary N) is 1. The molecule has 2 aromatic carbocycles. The van der Waals surface area contributed by atoms with E-state index in [4.69, 9.17) is 16.3 Å². The Labute approximate surface area is 230 Å². The lowest BCUT2D eigenvalue weighted by molar-refractivity contribution is -0.128. The minimum absolute atomic E-state index is 0.248. The summed E-state index contributed by atoms with van der Waals surface area (Å²) >= 11 is 7.38. The van der Waals surface area contributed by atoms with Crippen LogP contribution in [0.2, 0.25) is 5.02 Å². The number of thiophene rings is 1. The lowest BCUT2D eigenvalue weighted by Gasteiger charge is -2.33. The first kappa shape index (κ1) is 27.3. The Hall–Kier alpha value is -3.76. The molecule has 4 aromatic rings. The SMILES string of the molecule is COc1ccc(C)cc1N(C(=O)Cn1nnc(-c2ccc(Cl)cc2)n1)C(C(=O)NC(C)(C)C)c1cccs1. The molecule has 0 fully saturated rings. The third kappa shape index (κ3) is 6.38. The van der Waals surface area contributed by atoms with E-state index in [9.17, 15) is 9.59 Å². The van der Waals surface area contributed by atoms with E-state index in [2.05, 4.69) is 20.7 Å². The Morgan fingerprint density at radius 3 is 2.53 bits per heavy atom. The van der Waals surface area contributed by atoms with Gasteiger partial charge in [-0.2, -0.15) is 4.80 Å². The van der Waals surface area contributed by atoms with Gasteiger partial charge in [-0.3, -0.25) is 14.5 Å². The molecule has 0 spiro atoms. The van der Waals surface area contributed by atoms with E-state index in [0.717, 1.165) is 5.56 Å². The van der Waals surface area contributed by atoms with Gasteiger partial charge in [0.25, 0.3) is 5.91 Å². The number of anilines is 1. The van der Waals surface area contributed by atoms with E-state index in [1.807, 2.05) is 57.3 Å². The molecule has 2 amide bonds. The number of tetrazole rings is 1. The van der Waals surface area contributed by atoms with Crippen LogP contribution in [0, 0.1) is 6.92 Å². The molecular formula is C27H29ClN6O3S. The van der Waals surface area contributed by atoms with Crippen LogP contribution in [0.15, 0.2) is 60.0 Å². The Morgan fingerprint density at radius 2 is 1.89 bits per heavy atom. The molecule has 9 nitrogen and oxygen atoms in total. The van der Waals surface area contributed by atoms with Gasteiger partial charge in [-0.15, -0.1) is 21.5 Å². The number of ether oxygens (including phenoxy) is 1. The average molecular weight is 553 g/mol. The second kappa shape index (κ2) is 11.3. The van der Waals surface area contributed by atoms with Crippen molar-refractivity contribution in [1.29, 1.82) is 0 Å². The third-order valence-corrected chi connectivity index (χ3v) is 6.69. The number of methoxy groups -OCH3 is 1. The van der Waals surface area contributed by atoms with Crippen LogP contribution in [0.4, 0.5) is 5.69 Å². The lowest BCUT2D eigenvalue weighted by Crippen LogP contribution is -2.50. The summed E-state index contributed by atoms with van der Waals surface area (Å²) in [4.78, 5) is 31.2. The van der Waals surface area contributed by atoms with Gasteiger partial charge in [0, 0.05) is 21.0 Å². The summed E-state index contributed by atoms with van der Waals surface area (Å²) in [5.41, 5.74) is 1.58. The molecule has 2 aromatic heterocycles. The van der Waals surface area contributed by atoms with Crippen LogP contribution in [0.1, 0.15) is 37.3 Å². The van der Waals surface area contributed by atoms with Crippen molar-refractivity contribution in [3.05, 3.63) is 75.4 Å². The molecule has 0 aliphatic heterocycles. The first-order valence-electron chi connectivity index (χ1n) is 11.9. The first-order chi connectivity index (χ1) is 18.1. The van der Waals surface area contributed by atoms with Crippen LogP contribution >= 0.6 is 22.9 Å². The van der Waals surface area contributed by atoms with Gasteiger partial charge in [0.15, 0.2) is 0 Å². The molecule has 1 atom stereocenters. The fourth-order valence-electron chi connectivity index (χ4n) is 3.89. The summed E-state index contributed by atoms with van der Waals surface area (Å²) in [5, 5.41) is 18.1. The quantitative estimate of drug-likeness (QED) is 0.328. The van der Waals surface area contributed by atoms with Crippen LogP contribution in [-0.4, -0.2) is 44.7 Å². The Morgan fingerprint density at radius 1 is 1.16 bits per heavy atom. The molecule has 0 saturated carbocycles. The first-order valence-corrected chi connectivity index (χ1v) is 13.2. The largest absolute Gasteiger partial charge is 0.495 e. The molecule has 0 radical (unpaired) electrons. The smallest absolute Gasteiger partial charge is 0.251 e. The number of benzene rings is 2. The maximum absolute atomic E-state index is 14.0. The molecule has 1 unspecified atom stereocenters. The van der Waals surface area contributed by atoms with Crippen LogP contribution in [0.5, 0.6) is 5.75 Å². The summed E-state index contributed by atoms with van der Waals surface area (Å²) < 4.78 is 5.62. The standard InChI is InChI=1S/C27H29ClN6O3S/c1-17-8-13-21(37-5)20(15-17)34(24(22-7-6-14-38-22)26(36)29-27(2,3)4)23(35)16-33-31-25(30-32-33)18-9-11-19(28)12-10-18/h6-15,24H,16H2,1-5H3,(H,29,36). The van der Waals surface area contributed by atoms with Gasteiger partial charge >= 0.3 is 0 Å². The maximum atomic E-state index is 14.0. The summed E-state index contributed by atoms with van der Waals surface area (Å²) in [7, 11) is 1.53. The van der Waals surface area contributed by atoms with Crippen molar-refractivity contribution in [3.63, 3.8) is 0 Å². The molecular weight excluding hydrogens is 524 g/mol. The number of hydrogen-bond donors (Lipinski definition) is 1. The number of aromatic nitrogens is 4. The van der Waals surface area contributed by atoms with E-state index in [0.29, 0.717) is 32.7 Å². The molecule has 38 heavy (non-hydrogen) atoms. The second-order valence-corrected chi connectivity index (χ2v) is 11.2. The fourth-order valence-corrected chi connectivity index (χ4v) is 4.82. The number of aryl methyl sites for hydroxylation is 1. The lowest BCUT2D eigenvalue weighted by atomic mass is 10.1. The molecule has 1 N–H and O–H groups in total. The molecule has 2 heterocycles. The molecule has 0 saturated heterocycles. The molecule has 0 aliphatic rings. The van der Waals surface area contributed by atoms with Crippen molar-refractivity contribution in [1.82, 2.24) is 25.5 Å². The van der Waals surface area contributed by atoms with Crippen molar-refractivity contribution in [3.8, 4) is 17.1 Å². The number of nitrogens with zero attached hydrogens (tertiary/aromatic N) is 5. The van der Waals surface area contributed by atoms with Crippen LogP contribution in [0.3, 0.4) is 0 Å². The van der Waals surface area contributed by atoms with Gasteiger partial charge in [0.2, 0.25) is 11.7 Å². The number of halogens is 1. The minimum Gasteiger partial charge on any atom is -0.495 e. The predicted octanol–water partition coefficient (Wildman–Crippen LogP) is 5.06.